The molecule has 0 aliphatic carbocycles. The van der Waals surface area contributed by atoms with Crippen LogP contribution in [0.1, 0.15) is 64.0 Å². The molecule has 6 heteroatoms. The summed E-state index contributed by atoms with van der Waals surface area (Å²) >= 11 is 0. The number of amides is 2. The van der Waals surface area contributed by atoms with Crippen molar-refractivity contribution in [3.05, 3.63) is 29.3 Å². The molecule has 0 unspecified atom stereocenters. The van der Waals surface area contributed by atoms with Crippen LogP contribution in [0, 0.1) is 0 Å². The molecule has 1 fully saturated rings. The van der Waals surface area contributed by atoms with Gasteiger partial charge in [0, 0.05) is 44.8 Å². The van der Waals surface area contributed by atoms with E-state index in [0.29, 0.717) is 44.5 Å². The molecule has 1 aliphatic heterocycles. The number of hydrogen-bond acceptors (Lipinski definition) is 4. The van der Waals surface area contributed by atoms with Gasteiger partial charge in [0.15, 0.2) is 0 Å². The van der Waals surface area contributed by atoms with Gasteiger partial charge in [-0.05, 0) is 29.9 Å². The molecule has 2 rings (SSSR count). The third-order valence-corrected chi connectivity index (χ3v) is 5.19. The number of hydrogen-bond donors (Lipinski definition) is 1. The van der Waals surface area contributed by atoms with Gasteiger partial charge in [0.05, 0.1) is 6.61 Å². The summed E-state index contributed by atoms with van der Waals surface area (Å²) in [5, 5.41) is 3.18. The van der Waals surface area contributed by atoms with Crippen LogP contribution in [-0.2, 0) is 9.53 Å². The molecule has 2 amide bonds. The Balaban J connectivity index is 1.89. The first-order valence-corrected chi connectivity index (χ1v) is 10.4. The molecular formula is C22H35N3O3. The van der Waals surface area contributed by atoms with E-state index in [-0.39, 0.29) is 12.0 Å². The Hall–Kier alpha value is -2.08. The van der Waals surface area contributed by atoms with Gasteiger partial charge in [-0.2, -0.15) is 0 Å². The van der Waals surface area contributed by atoms with Crippen LogP contribution in [0.3, 0.4) is 0 Å². The first-order chi connectivity index (χ1) is 13.3. The quantitative estimate of drug-likeness (QED) is 0.765. The zero-order valence-corrected chi connectivity index (χ0v) is 18.0. The standard InChI is InChI=1S/C22H35N3O3/c1-6-28-22(27)25-14-12-24(13-15-25)11-10-20(26)23-21-18(16(2)3)8-7-9-19(21)17(4)5/h7-9,16-17H,6,10-15H2,1-5H3,(H,23,26). The molecule has 0 atom stereocenters. The average Bonchev–Trinajstić information content (AvgIpc) is 2.66. The van der Waals surface area contributed by atoms with Gasteiger partial charge in [-0.3, -0.25) is 9.69 Å². The van der Waals surface area contributed by atoms with Crippen LogP contribution in [0.15, 0.2) is 18.2 Å². The lowest BCUT2D eigenvalue weighted by Crippen LogP contribution is -2.49. The number of nitrogens with one attached hydrogen (secondary N) is 1. The van der Waals surface area contributed by atoms with E-state index in [1.54, 1.807) is 4.90 Å². The third-order valence-electron chi connectivity index (χ3n) is 5.19. The number of anilines is 1. The average molecular weight is 390 g/mol. The van der Waals surface area contributed by atoms with Crippen molar-refractivity contribution in [3.8, 4) is 0 Å². The molecule has 0 aromatic heterocycles. The van der Waals surface area contributed by atoms with Crippen LogP contribution >= 0.6 is 0 Å². The highest BCUT2D eigenvalue weighted by atomic mass is 16.6. The largest absolute Gasteiger partial charge is 0.450 e. The summed E-state index contributed by atoms with van der Waals surface area (Å²) in [6.07, 6.45) is 0.204. The Labute approximate surface area is 169 Å². The van der Waals surface area contributed by atoms with Crippen LogP contribution in [-0.4, -0.2) is 61.1 Å². The van der Waals surface area contributed by atoms with Crippen molar-refractivity contribution in [2.24, 2.45) is 0 Å². The van der Waals surface area contributed by atoms with Crippen molar-refractivity contribution in [2.75, 3.05) is 44.6 Å². The van der Waals surface area contributed by atoms with E-state index in [1.807, 2.05) is 6.92 Å². The molecule has 0 bridgehead atoms. The minimum Gasteiger partial charge on any atom is -0.450 e. The number of carbonyl (C=O) groups is 2. The van der Waals surface area contributed by atoms with Crippen molar-refractivity contribution >= 4 is 17.7 Å². The number of nitrogens with zero attached hydrogens (tertiary/aromatic N) is 2. The van der Waals surface area contributed by atoms with Gasteiger partial charge in [-0.25, -0.2) is 4.79 Å². The second-order valence-corrected chi connectivity index (χ2v) is 7.95. The van der Waals surface area contributed by atoms with Gasteiger partial charge < -0.3 is 15.0 Å². The molecule has 1 heterocycles. The van der Waals surface area contributed by atoms with Gasteiger partial charge in [0.25, 0.3) is 0 Å². The Kier molecular flexibility index (Phi) is 8.30. The van der Waals surface area contributed by atoms with Crippen molar-refractivity contribution in [1.29, 1.82) is 0 Å². The lowest BCUT2D eigenvalue weighted by molar-refractivity contribution is -0.116. The molecule has 1 aromatic rings. The van der Waals surface area contributed by atoms with Crippen molar-refractivity contribution in [1.82, 2.24) is 9.80 Å². The lowest BCUT2D eigenvalue weighted by Gasteiger charge is -2.33. The Bertz CT molecular complexity index is 639. The van der Waals surface area contributed by atoms with Crippen LogP contribution in [0.2, 0.25) is 0 Å². The van der Waals surface area contributed by atoms with Crippen LogP contribution in [0.25, 0.3) is 0 Å². The van der Waals surface area contributed by atoms with E-state index in [4.69, 9.17) is 4.74 Å². The molecule has 1 saturated heterocycles. The highest BCUT2D eigenvalue weighted by molar-refractivity contribution is 5.92. The Morgan fingerprint density at radius 2 is 1.61 bits per heavy atom. The maximum absolute atomic E-state index is 12.6. The highest BCUT2D eigenvalue weighted by Crippen LogP contribution is 2.32. The third kappa shape index (κ3) is 5.96. The van der Waals surface area contributed by atoms with Gasteiger partial charge in [0.2, 0.25) is 5.91 Å². The number of ether oxygens (including phenoxy) is 1. The fourth-order valence-corrected chi connectivity index (χ4v) is 3.53. The summed E-state index contributed by atoms with van der Waals surface area (Å²) in [4.78, 5) is 28.4. The van der Waals surface area contributed by atoms with Gasteiger partial charge in [0.1, 0.15) is 0 Å². The van der Waals surface area contributed by atoms with E-state index >= 15 is 0 Å². The summed E-state index contributed by atoms with van der Waals surface area (Å²) in [6.45, 7) is 14.3. The van der Waals surface area contributed by atoms with Crippen molar-refractivity contribution < 1.29 is 14.3 Å². The SMILES string of the molecule is CCOC(=O)N1CCN(CCC(=O)Nc2c(C(C)C)cccc2C(C)C)CC1. The first-order valence-electron chi connectivity index (χ1n) is 10.4. The van der Waals surface area contributed by atoms with E-state index in [1.165, 1.54) is 11.1 Å². The predicted octanol–water partition coefficient (Wildman–Crippen LogP) is 4.04. The molecule has 1 N–H and O–H groups in total. The van der Waals surface area contributed by atoms with E-state index < -0.39 is 0 Å². The molecule has 156 valence electrons. The maximum Gasteiger partial charge on any atom is 0.409 e. The van der Waals surface area contributed by atoms with E-state index in [2.05, 4.69) is 56.1 Å². The number of piperazine rings is 1. The Morgan fingerprint density at radius 3 is 2.11 bits per heavy atom. The second kappa shape index (κ2) is 10.5. The fourth-order valence-electron chi connectivity index (χ4n) is 3.53. The minimum absolute atomic E-state index is 0.0443. The minimum atomic E-state index is -0.244. The summed E-state index contributed by atoms with van der Waals surface area (Å²) < 4.78 is 5.05. The molecule has 6 nitrogen and oxygen atoms in total. The second-order valence-electron chi connectivity index (χ2n) is 7.95. The summed E-state index contributed by atoms with van der Waals surface area (Å²) in [7, 11) is 0. The van der Waals surface area contributed by atoms with Crippen LogP contribution < -0.4 is 5.32 Å². The topological polar surface area (TPSA) is 61.9 Å². The van der Waals surface area contributed by atoms with E-state index in [9.17, 15) is 9.59 Å². The van der Waals surface area contributed by atoms with Crippen LogP contribution in [0.5, 0.6) is 0 Å². The summed E-state index contributed by atoms with van der Waals surface area (Å²) in [5.74, 6) is 0.748. The van der Waals surface area contributed by atoms with Gasteiger partial charge in [-0.15, -0.1) is 0 Å². The molecule has 0 radical (unpaired) electrons. The van der Waals surface area contributed by atoms with Gasteiger partial charge in [-0.1, -0.05) is 45.9 Å². The molecule has 28 heavy (non-hydrogen) atoms. The van der Waals surface area contributed by atoms with Crippen molar-refractivity contribution in [3.63, 3.8) is 0 Å². The summed E-state index contributed by atoms with van der Waals surface area (Å²) in [5.41, 5.74) is 3.34. The number of carbonyl (C=O) groups excluding carboxylic acids is 2. The zero-order chi connectivity index (χ0) is 20.7. The summed E-state index contributed by atoms with van der Waals surface area (Å²) in [6, 6.07) is 6.27. The molecule has 0 saturated carbocycles. The zero-order valence-electron chi connectivity index (χ0n) is 18.0. The van der Waals surface area contributed by atoms with Gasteiger partial charge >= 0.3 is 6.09 Å². The van der Waals surface area contributed by atoms with Crippen LogP contribution in [0.4, 0.5) is 10.5 Å². The molecule has 0 spiro atoms. The smallest absolute Gasteiger partial charge is 0.409 e. The van der Waals surface area contributed by atoms with Crippen molar-refractivity contribution in [2.45, 2.75) is 52.9 Å². The van der Waals surface area contributed by atoms with E-state index in [0.717, 1.165) is 18.8 Å². The monoisotopic (exact) mass is 389 g/mol. The molecule has 1 aliphatic rings. The Morgan fingerprint density at radius 1 is 1.04 bits per heavy atom. The fraction of sp³-hybridized carbons (Fsp3) is 0.636. The number of para-hydroxylation sites is 1. The first kappa shape index (κ1) is 22.2. The number of benzene rings is 1. The maximum atomic E-state index is 12.6. The number of rotatable bonds is 7. The lowest BCUT2D eigenvalue weighted by atomic mass is 9.92. The molecular weight excluding hydrogens is 354 g/mol. The highest BCUT2D eigenvalue weighted by Gasteiger charge is 2.22. The molecule has 1 aromatic carbocycles. The predicted molar refractivity (Wildman–Crippen MR) is 113 cm³/mol. The normalized spacial score (nSPS) is 15.2.